The predicted octanol–water partition coefficient (Wildman–Crippen LogP) is 2.71. The summed E-state index contributed by atoms with van der Waals surface area (Å²) in [5.41, 5.74) is 12.7. The maximum atomic E-state index is 9.66. The lowest BCUT2D eigenvalue weighted by atomic mass is 10.3. The van der Waals surface area contributed by atoms with Crippen molar-refractivity contribution < 1.29 is 5.11 Å². The number of phenolic OH excluding ortho intramolecular Hbond substituents is 1. The molecule has 0 aliphatic carbocycles. The van der Waals surface area contributed by atoms with Gasteiger partial charge in [-0.1, -0.05) is 17.8 Å². The van der Waals surface area contributed by atoms with E-state index in [1.165, 1.54) is 11.8 Å². The van der Waals surface area contributed by atoms with Gasteiger partial charge in [-0.25, -0.2) is 0 Å². The number of rotatable bonds is 2. The summed E-state index contributed by atoms with van der Waals surface area (Å²) in [6.07, 6.45) is 0. The molecule has 0 unspecified atom stereocenters. The highest BCUT2D eigenvalue weighted by molar-refractivity contribution is 7.99. The van der Waals surface area contributed by atoms with Crippen LogP contribution in [0.15, 0.2) is 52.3 Å². The Morgan fingerprint density at radius 2 is 1.69 bits per heavy atom. The predicted molar refractivity (Wildman–Crippen MR) is 67.5 cm³/mol. The second-order valence-corrected chi connectivity index (χ2v) is 4.52. The van der Waals surface area contributed by atoms with Crippen LogP contribution in [0.5, 0.6) is 5.75 Å². The van der Waals surface area contributed by atoms with E-state index >= 15 is 0 Å². The Hall–Kier alpha value is -1.81. The van der Waals surface area contributed by atoms with Crippen LogP contribution in [0.4, 0.5) is 11.4 Å². The van der Waals surface area contributed by atoms with Crippen molar-refractivity contribution in [1.29, 1.82) is 0 Å². The van der Waals surface area contributed by atoms with Crippen LogP contribution in [-0.4, -0.2) is 5.11 Å². The molecule has 5 N–H and O–H groups in total. The van der Waals surface area contributed by atoms with Gasteiger partial charge in [0.2, 0.25) is 0 Å². The zero-order chi connectivity index (χ0) is 11.5. The Bertz CT molecular complexity index is 514. The third-order valence-corrected chi connectivity index (χ3v) is 3.11. The number of phenols is 1. The molecule has 0 radical (unpaired) electrons. The van der Waals surface area contributed by atoms with E-state index < -0.39 is 0 Å². The zero-order valence-electron chi connectivity index (χ0n) is 8.55. The number of nitrogen functional groups attached to an aromatic ring is 2. The molecule has 82 valence electrons. The highest BCUT2D eigenvalue weighted by Crippen LogP contribution is 2.35. The average Bonchev–Trinajstić information content (AvgIpc) is 2.24. The van der Waals surface area contributed by atoms with Gasteiger partial charge in [0.05, 0.1) is 4.90 Å². The van der Waals surface area contributed by atoms with Crippen LogP contribution in [0.25, 0.3) is 0 Å². The second kappa shape index (κ2) is 4.37. The molecular weight excluding hydrogens is 220 g/mol. The van der Waals surface area contributed by atoms with Crippen LogP contribution >= 0.6 is 11.8 Å². The largest absolute Gasteiger partial charge is 0.507 e. The Balaban J connectivity index is 2.30. The number of benzene rings is 2. The molecule has 0 fully saturated rings. The lowest BCUT2D eigenvalue weighted by molar-refractivity contribution is 0.462. The highest BCUT2D eigenvalue weighted by Gasteiger charge is 2.04. The average molecular weight is 232 g/mol. The Labute approximate surface area is 98.1 Å². The normalized spacial score (nSPS) is 10.2. The van der Waals surface area contributed by atoms with Crippen LogP contribution < -0.4 is 11.5 Å². The molecule has 0 spiro atoms. The van der Waals surface area contributed by atoms with Gasteiger partial charge in [0, 0.05) is 16.3 Å². The first kappa shape index (κ1) is 10.7. The zero-order valence-corrected chi connectivity index (χ0v) is 9.37. The number of hydrogen-bond acceptors (Lipinski definition) is 4. The molecule has 2 aromatic rings. The van der Waals surface area contributed by atoms with E-state index in [1.54, 1.807) is 18.2 Å². The number of nitrogens with two attached hydrogens (primary N) is 2. The first-order valence-corrected chi connectivity index (χ1v) is 5.59. The smallest absolute Gasteiger partial charge is 0.129 e. The van der Waals surface area contributed by atoms with Crippen LogP contribution in [0, 0.1) is 0 Å². The summed E-state index contributed by atoms with van der Waals surface area (Å²) in [6, 6.07) is 12.5. The SMILES string of the molecule is Nc1cccc(Sc2cc(N)ccc2O)c1. The summed E-state index contributed by atoms with van der Waals surface area (Å²) in [5, 5.41) is 9.66. The van der Waals surface area contributed by atoms with Gasteiger partial charge in [-0.2, -0.15) is 0 Å². The van der Waals surface area contributed by atoms with Gasteiger partial charge in [-0.05, 0) is 36.4 Å². The Morgan fingerprint density at radius 1 is 0.938 bits per heavy atom. The molecule has 4 heteroatoms. The van der Waals surface area contributed by atoms with Gasteiger partial charge in [0.15, 0.2) is 0 Å². The van der Waals surface area contributed by atoms with Crippen LogP contribution in [0.1, 0.15) is 0 Å². The van der Waals surface area contributed by atoms with E-state index in [0.29, 0.717) is 11.4 Å². The third kappa shape index (κ3) is 2.41. The van der Waals surface area contributed by atoms with Crippen molar-refractivity contribution in [3.63, 3.8) is 0 Å². The van der Waals surface area contributed by atoms with E-state index in [-0.39, 0.29) is 5.75 Å². The summed E-state index contributed by atoms with van der Waals surface area (Å²) in [6.45, 7) is 0. The third-order valence-electron chi connectivity index (χ3n) is 2.07. The fourth-order valence-electron chi connectivity index (χ4n) is 1.32. The molecule has 0 aliphatic heterocycles. The summed E-state index contributed by atoms with van der Waals surface area (Å²) < 4.78 is 0. The maximum absolute atomic E-state index is 9.66. The van der Waals surface area contributed by atoms with Crippen molar-refractivity contribution in [2.24, 2.45) is 0 Å². The molecule has 3 nitrogen and oxygen atoms in total. The maximum Gasteiger partial charge on any atom is 0.129 e. The van der Waals surface area contributed by atoms with Gasteiger partial charge >= 0.3 is 0 Å². The molecule has 0 amide bonds. The second-order valence-electron chi connectivity index (χ2n) is 3.40. The van der Waals surface area contributed by atoms with Crippen molar-refractivity contribution in [3.05, 3.63) is 42.5 Å². The lowest BCUT2D eigenvalue weighted by Crippen LogP contribution is -1.86. The molecule has 0 aromatic heterocycles. The quantitative estimate of drug-likeness (QED) is 0.550. The lowest BCUT2D eigenvalue weighted by Gasteiger charge is -2.05. The van der Waals surface area contributed by atoms with E-state index in [0.717, 1.165) is 9.79 Å². The molecular formula is C12H12N2OS. The molecule has 0 saturated carbocycles. The molecule has 0 atom stereocenters. The van der Waals surface area contributed by atoms with Crippen LogP contribution in [0.2, 0.25) is 0 Å². The van der Waals surface area contributed by atoms with Gasteiger partial charge in [-0.3, -0.25) is 0 Å². The number of anilines is 2. The van der Waals surface area contributed by atoms with Gasteiger partial charge in [0.25, 0.3) is 0 Å². The van der Waals surface area contributed by atoms with Crippen molar-refractivity contribution >= 4 is 23.1 Å². The van der Waals surface area contributed by atoms with E-state index in [9.17, 15) is 5.11 Å². The first-order valence-electron chi connectivity index (χ1n) is 4.77. The molecule has 0 aliphatic rings. The summed E-state index contributed by atoms with van der Waals surface area (Å²) in [4.78, 5) is 1.70. The number of aromatic hydroxyl groups is 1. The fourth-order valence-corrected chi connectivity index (χ4v) is 2.28. The van der Waals surface area contributed by atoms with Crippen molar-refractivity contribution in [2.75, 3.05) is 11.5 Å². The van der Waals surface area contributed by atoms with Crippen molar-refractivity contribution in [1.82, 2.24) is 0 Å². The minimum atomic E-state index is 0.224. The Morgan fingerprint density at radius 3 is 2.44 bits per heavy atom. The van der Waals surface area contributed by atoms with Crippen LogP contribution in [0.3, 0.4) is 0 Å². The van der Waals surface area contributed by atoms with Crippen LogP contribution in [-0.2, 0) is 0 Å². The minimum absolute atomic E-state index is 0.224. The van der Waals surface area contributed by atoms with Gasteiger partial charge < -0.3 is 16.6 Å². The first-order chi connectivity index (χ1) is 7.65. The molecule has 0 bridgehead atoms. The van der Waals surface area contributed by atoms with Crippen molar-refractivity contribution in [2.45, 2.75) is 9.79 Å². The topological polar surface area (TPSA) is 72.3 Å². The number of hydrogen-bond donors (Lipinski definition) is 3. The molecule has 2 aromatic carbocycles. The monoisotopic (exact) mass is 232 g/mol. The highest BCUT2D eigenvalue weighted by atomic mass is 32.2. The Kier molecular flexibility index (Phi) is 2.92. The molecule has 16 heavy (non-hydrogen) atoms. The van der Waals surface area contributed by atoms with E-state index in [1.807, 2.05) is 24.3 Å². The van der Waals surface area contributed by atoms with Gasteiger partial charge in [-0.15, -0.1) is 0 Å². The van der Waals surface area contributed by atoms with E-state index in [2.05, 4.69) is 0 Å². The molecule has 2 rings (SSSR count). The summed E-state index contributed by atoms with van der Waals surface area (Å²) in [7, 11) is 0. The van der Waals surface area contributed by atoms with Gasteiger partial charge in [0.1, 0.15) is 5.75 Å². The van der Waals surface area contributed by atoms with Crippen molar-refractivity contribution in [3.8, 4) is 5.75 Å². The molecule has 0 heterocycles. The fraction of sp³-hybridized carbons (Fsp3) is 0. The summed E-state index contributed by atoms with van der Waals surface area (Å²) in [5.74, 6) is 0.224. The van der Waals surface area contributed by atoms with E-state index in [4.69, 9.17) is 11.5 Å². The molecule has 0 saturated heterocycles. The standard InChI is InChI=1S/C12H12N2OS/c13-8-2-1-3-10(6-8)16-12-7-9(14)4-5-11(12)15/h1-7,15H,13-14H2. The minimum Gasteiger partial charge on any atom is -0.507 e. The summed E-state index contributed by atoms with van der Waals surface area (Å²) >= 11 is 1.43.